The predicted octanol–water partition coefficient (Wildman–Crippen LogP) is 1.46. The van der Waals surface area contributed by atoms with Gasteiger partial charge in [-0.1, -0.05) is 12.1 Å². The van der Waals surface area contributed by atoms with E-state index in [2.05, 4.69) is 15.2 Å². The quantitative estimate of drug-likeness (QED) is 0.542. The summed E-state index contributed by atoms with van der Waals surface area (Å²) >= 11 is 0. The van der Waals surface area contributed by atoms with Crippen LogP contribution in [0.5, 0.6) is 5.75 Å². The highest BCUT2D eigenvalue weighted by atomic mass is 32.2. The number of nitrogens with one attached hydrogen (secondary N) is 2. The number of fused-ring (bicyclic) bond motifs is 1. The maximum absolute atomic E-state index is 13.1. The fourth-order valence-electron chi connectivity index (χ4n) is 4.00. The molecule has 0 bridgehead atoms. The van der Waals surface area contributed by atoms with Crippen molar-refractivity contribution in [2.45, 2.75) is 51.2 Å². The predicted molar refractivity (Wildman–Crippen MR) is 123 cm³/mol. The lowest BCUT2D eigenvalue weighted by Crippen LogP contribution is -2.47. The van der Waals surface area contributed by atoms with E-state index in [0.29, 0.717) is 30.1 Å². The summed E-state index contributed by atoms with van der Waals surface area (Å²) in [6.07, 6.45) is -0.211. The van der Waals surface area contributed by atoms with Gasteiger partial charge >= 0.3 is 0 Å². The molecular formula is C22H32N4O6S. The first kappa shape index (κ1) is 25.0. The largest absolute Gasteiger partial charge is 0.488 e. The van der Waals surface area contributed by atoms with Crippen LogP contribution in [0.3, 0.4) is 0 Å². The average Bonchev–Trinajstić information content (AvgIpc) is 3.12. The van der Waals surface area contributed by atoms with Crippen molar-refractivity contribution < 1.29 is 27.6 Å². The molecule has 1 aromatic heterocycles. The number of ether oxygens (including phenoxy) is 1. The van der Waals surface area contributed by atoms with Crippen LogP contribution in [0, 0.1) is 19.8 Å². The first-order valence-corrected chi connectivity index (χ1v) is 12.4. The van der Waals surface area contributed by atoms with Crippen LogP contribution >= 0.6 is 0 Å². The zero-order valence-electron chi connectivity index (χ0n) is 19.6. The maximum Gasteiger partial charge on any atom is 0.267 e. The summed E-state index contributed by atoms with van der Waals surface area (Å²) in [5, 5.41) is 16.5. The molecule has 3 rings (SSSR count). The standard InChI is InChI=1S/C22H32N4O6S/c1-13-11-26(14(2)12-27)21(28)9-17-8-18(6-7-19(17)31-20(13)10-23-5)25-33(29,30)22-15(3)24-32-16(22)4/h6-8,13-14,20,23,25,27H,9-12H2,1-5H3/t13-,14+,20-/m1/s1. The van der Waals surface area contributed by atoms with Gasteiger partial charge in [-0.25, -0.2) is 8.42 Å². The minimum absolute atomic E-state index is 0.000860. The molecule has 1 aliphatic rings. The number of aromatic nitrogens is 1. The van der Waals surface area contributed by atoms with Crippen LogP contribution in [-0.2, 0) is 21.2 Å². The van der Waals surface area contributed by atoms with E-state index in [0.717, 1.165) is 0 Å². The number of likely N-dealkylation sites (N-methyl/N-ethyl adjacent to an activating group) is 1. The van der Waals surface area contributed by atoms with E-state index in [4.69, 9.17) is 9.26 Å². The summed E-state index contributed by atoms with van der Waals surface area (Å²) < 4.78 is 39.7. The van der Waals surface area contributed by atoms with E-state index >= 15 is 0 Å². The number of rotatable bonds is 7. The zero-order valence-corrected chi connectivity index (χ0v) is 20.4. The second-order valence-electron chi connectivity index (χ2n) is 8.53. The highest BCUT2D eigenvalue weighted by Crippen LogP contribution is 2.30. The van der Waals surface area contributed by atoms with Crippen molar-refractivity contribution in [2.75, 3.05) is 31.5 Å². The van der Waals surface area contributed by atoms with Crippen LogP contribution in [0.1, 0.15) is 30.9 Å². The van der Waals surface area contributed by atoms with Gasteiger partial charge < -0.3 is 24.6 Å². The summed E-state index contributed by atoms with van der Waals surface area (Å²) in [6, 6.07) is 4.54. The molecule has 0 spiro atoms. The summed E-state index contributed by atoms with van der Waals surface area (Å²) in [7, 11) is -2.11. The van der Waals surface area contributed by atoms with Gasteiger partial charge in [-0.2, -0.15) is 0 Å². The Bertz CT molecular complexity index is 1080. The Morgan fingerprint density at radius 3 is 2.67 bits per heavy atom. The number of anilines is 1. The molecule has 1 amide bonds. The van der Waals surface area contributed by atoms with Crippen molar-refractivity contribution in [1.29, 1.82) is 0 Å². The van der Waals surface area contributed by atoms with Crippen LogP contribution in [0.2, 0.25) is 0 Å². The van der Waals surface area contributed by atoms with Crippen molar-refractivity contribution >= 4 is 21.6 Å². The average molecular weight is 481 g/mol. The van der Waals surface area contributed by atoms with Gasteiger partial charge in [0.2, 0.25) is 5.91 Å². The Hall–Kier alpha value is -2.63. The molecule has 0 radical (unpaired) electrons. The Labute approximate surface area is 194 Å². The molecule has 182 valence electrons. The number of carbonyl (C=O) groups is 1. The molecule has 3 atom stereocenters. The highest BCUT2D eigenvalue weighted by Gasteiger charge is 2.31. The van der Waals surface area contributed by atoms with Gasteiger partial charge in [0.25, 0.3) is 10.0 Å². The molecule has 2 aromatic rings. The molecule has 1 aliphatic heterocycles. The van der Waals surface area contributed by atoms with Crippen molar-refractivity contribution in [3.63, 3.8) is 0 Å². The Morgan fingerprint density at radius 1 is 1.33 bits per heavy atom. The van der Waals surface area contributed by atoms with Crippen LogP contribution in [0.25, 0.3) is 0 Å². The van der Waals surface area contributed by atoms with Crippen LogP contribution < -0.4 is 14.8 Å². The fraction of sp³-hybridized carbons (Fsp3) is 0.545. The molecule has 10 nitrogen and oxygen atoms in total. The van der Waals surface area contributed by atoms with Crippen molar-refractivity contribution in [2.24, 2.45) is 5.92 Å². The molecule has 2 heterocycles. The number of aliphatic hydroxyl groups is 1. The molecule has 33 heavy (non-hydrogen) atoms. The van der Waals surface area contributed by atoms with Gasteiger partial charge in [0, 0.05) is 30.3 Å². The number of aryl methyl sites for hydroxylation is 2. The monoisotopic (exact) mass is 480 g/mol. The lowest BCUT2D eigenvalue weighted by Gasteiger charge is -2.32. The highest BCUT2D eigenvalue weighted by molar-refractivity contribution is 7.92. The zero-order chi connectivity index (χ0) is 24.3. The topological polar surface area (TPSA) is 134 Å². The molecule has 11 heteroatoms. The second kappa shape index (κ2) is 10.1. The van der Waals surface area contributed by atoms with Crippen molar-refractivity contribution in [1.82, 2.24) is 15.4 Å². The van der Waals surface area contributed by atoms with Crippen molar-refractivity contribution in [3.05, 3.63) is 35.2 Å². The third kappa shape index (κ3) is 5.48. The number of amides is 1. The number of hydrogen-bond acceptors (Lipinski definition) is 8. The number of carbonyl (C=O) groups excluding carboxylic acids is 1. The molecule has 0 aliphatic carbocycles. The first-order chi connectivity index (χ1) is 15.6. The minimum atomic E-state index is -3.94. The van der Waals surface area contributed by atoms with E-state index in [1.807, 2.05) is 14.0 Å². The Kier molecular flexibility index (Phi) is 7.65. The Balaban J connectivity index is 1.98. The van der Waals surface area contributed by atoms with Crippen LogP contribution in [-0.4, -0.2) is 68.4 Å². The van der Waals surface area contributed by atoms with E-state index in [9.17, 15) is 18.3 Å². The van der Waals surface area contributed by atoms with Gasteiger partial charge in [0.1, 0.15) is 17.5 Å². The fourth-order valence-corrected chi connectivity index (χ4v) is 5.38. The Morgan fingerprint density at radius 2 is 2.06 bits per heavy atom. The number of benzene rings is 1. The van der Waals surface area contributed by atoms with Gasteiger partial charge in [0.15, 0.2) is 10.7 Å². The lowest BCUT2D eigenvalue weighted by atomic mass is 10.0. The second-order valence-corrected chi connectivity index (χ2v) is 10.1. The van der Waals surface area contributed by atoms with Gasteiger partial charge in [-0.15, -0.1) is 0 Å². The van der Waals surface area contributed by atoms with E-state index in [1.165, 1.54) is 6.92 Å². The number of nitrogens with zero attached hydrogens (tertiary/aromatic N) is 2. The number of aliphatic hydroxyl groups excluding tert-OH is 1. The van der Waals surface area contributed by atoms with Gasteiger partial charge in [-0.05, 0) is 46.0 Å². The van der Waals surface area contributed by atoms with Crippen molar-refractivity contribution in [3.8, 4) is 5.75 Å². The SMILES string of the molecule is CNC[C@H]1Oc2ccc(NS(=O)(=O)c3c(C)noc3C)cc2CC(=O)N([C@@H](C)CO)C[C@H]1C. The van der Waals surface area contributed by atoms with E-state index in [-0.39, 0.29) is 53.3 Å². The molecule has 1 aromatic carbocycles. The summed E-state index contributed by atoms with van der Waals surface area (Å²) in [5.74, 6) is 0.552. The van der Waals surface area contributed by atoms with E-state index in [1.54, 1.807) is 36.9 Å². The summed E-state index contributed by atoms with van der Waals surface area (Å²) in [5.41, 5.74) is 1.12. The smallest absolute Gasteiger partial charge is 0.267 e. The molecular weight excluding hydrogens is 448 g/mol. The third-order valence-corrected chi connectivity index (χ3v) is 7.44. The normalized spacial score (nSPS) is 20.3. The van der Waals surface area contributed by atoms with Crippen LogP contribution in [0.4, 0.5) is 5.69 Å². The van der Waals surface area contributed by atoms with Gasteiger partial charge in [0.05, 0.1) is 19.1 Å². The summed E-state index contributed by atoms with van der Waals surface area (Å²) in [4.78, 5) is 14.8. The first-order valence-electron chi connectivity index (χ1n) is 10.9. The molecule has 0 fully saturated rings. The summed E-state index contributed by atoms with van der Waals surface area (Å²) in [6.45, 7) is 7.74. The molecule has 3 N–H and O–H groups in total. The van der Waals surface area contributed by atoms with E-state index < -0.39 is 10.0 Å². The number of sulfonamides is 1. The lowest BCUT2D eigenvalue weighted by molar-refractivity contribution is -0.134. The number of hydrogen-bond donors (Lipinski definition) is 3. The molecule has 0 saturated carbocycles. The molecule has 0 saturated heterocycles. The third-order valence-electron chi connectivity index (χ3n) is 5.81. The van der Waals surface area contributed by atoms with Crippen LogP contribution in [0.15, 0.2) is 27.6 Å². The molecule has 0 unspecified atom stereocenters. The maximum atomic E-state index is 13.1. The minimum Gasteiger partial charge on any atom is -0.488 e. The van der Waals surface area contributed by atoms with Gasteiger partial charge in [-0.3, -0.25) is 9.52 Å².